The Kier molecular flexibility index (Phi) is 3.88. The maximum atomic E-state index is 3.74. The van der Waals surface area contributed by atoms with Gasteiger partial charge in [0.05, 0.1) is 1.93 Å². The molecule has 36 valence electrons. The Labute approximate surface area is 65.7 Å². The summed E-state index contributed by atoms with van der Waals surface area (Å²) in [7, 11) is 0. The third-order valence-electron chi connectivity index (χ3n) is 0.373. The molecule has 6 heavy (non-hydrogen) atoms. The second-order valence-electron chi connectivity index (χ2n) is 1.15. The van der Waals surface area contributed by atoms with Crippen molar-refractivity contribution in [2.75, 3.05) is 0 Å². The number of allylic oxidation sites excluding steroid dienone is 1. The van der Waals surface area contributed by atoms with E-state index < -0.39 is 0 Å². The average Bonchev–Trinajstić information content (AvgIpc) is 1.36. The van der Waals surface area contributed by atoms with Crippen LogP contribution in [0.2, 0.25) is 0 Å². The molecule has 0 aromatic carbocycles. The molecule has 0 heterocycles. The number of halogens is 2. The molecule has 2 heteroatoms. The van der Waals surface area contributed by atoms with Gasteiger partial charge in [-0.25, -0.2) is 0 Å². The molecule has 0 atom stereocenters. The fourth-order valence-corrected chi connectivity index (χ4v) is 0. The van der Waals surface area contributed by atoms with Crippen LogP contribution in [0.15, 0.2) is 12.2 Å². The highest BCUT2D eigenvalue weighted by atomic mass is 127. The van der Waals surface area contributed by atoms with Crippen LogP contribution in [0.25, 0.3) is 0 Å². The second-order valence-corrected chi connectivity index (χ2v) is 6.02. The Hall–Kier alpha value is 1.20. The monoisotopic (exact) mass is 308 g/mol. The fourth-order valence-electron chi connectivity index (χ4n) is 0. The molecule has 0 fully saturated rings. The van der Waals surface area contributed by atoms with Gasteiger partial charge in [-0.2, -0.15) is 0 Å². The van der Waals surface area contributed by atoms with E-state index in [1.165, 1.54) is 5.57 Å². The first-order valence-electron chi connectivity index (χ1n) is 1.58. The van der Waals surface area contributed by atoms with E-state index in [1.54, 1.807) is 0 Å². The van der Waals surface area contributed by atoms with Crippen LogP contribution in [-0.4, -0.2) is 1.93 Å². The molecule has 0 nitrogen and oxygen atoms in total. The Balaban J connectivity index is 3.26. The lowest BCUT2D eigenvalue weighted by Crippen LogP contribution is -1.80. The van der Waals surface area contributed by atoms with Gasteiger partial charge in [-0.15, -0.1) is 0 Å². The van der Waals surface area contributed by atoms with Gasteiger partial charge < -0.3 is 0 Å². The van der Waals surface area contributed by atoms with Crippen molar-refractivity contribution in [3.8, 4) is 0 Å². The smallest absolute Gasteiger partial charge is 0.0829 e. The summed E-state index contributed by atoms with van der Waals surface area (Å²) < 4.78 is 0.597. The first kappa shape index (κ1) is 7.20. The molecule has 0 aliphatic heterocycles. The molecule has 0 aromatic heterocycles. The van der Waals surface area contributed by atoms with Crippen molar-refractivity contribution in [3.63, 3.8) is 0 Å². The molecule has 0 radical (unpaired) electrons. The molecule has 0 N–H and O–H groups in total. The van der Waals surface area contributed by atoms with E-state index in [9.17, 15) is 0 Å². The molecule has 0 spiro atoms. The summed E-state index contributed by atoms with van der Waals surface area (Å²) in [5, 5.41) is 0. The van der Waals surface area contributed by atoms with Gasteiger partial charge in [-0.1, -0.05) is 57.3 Å². The van der Waals surface area contributed by atoms with Crippen LogP contribution in [0.3, 0.4) is 0 Å². The molecule has 0 aromatic rings. The zero-order valence-corrected chi connectivity index (χ0v) is 7.86. The van der Waals surface area contributed by atoms with Crippen LogP contribution >= 0.6 is 45.2 Å². The van der Waals surface area contributed by atoms with Crippen molar-refractivity contribution in [2.45, 2.75) is 8.86 Å². The van der Waals surface area contributed by atoms with Gasteiger partial charge >= 0.3 is 0 Å². The van der Waals surface area contributed by atoms with Gasteiger partial charge in [-0.05, 0) is 6.92 Å². The number of hydrogen-bond donors (Lipinski definition) is 0. The van der Waals surface area contributed by atoms with Crippen molar-refractivity contribution >= 4 is 45.2 Å². The predicted octanol–water partition coefficient (Wildman–Crippen LogP) is 2.76. The lowest BCUT2D eigenvalue weighted by Gasteiger charge is -1.93. The van der Waals surface area contributed by atoms with Crippen LogP contribution in [0.4, 0.5) is 0 Å². The van der Waals surface area contributed by atoms with Crippen molar-refractivity contribution in [1.82, 2.24) is 0 Å². The van der Waals surface area contributed by atoms with Crippen molar-refractivity contribution in [1.29, 1.82) is 0 Å². The Morgan fingerprint density at radius 1 is 1.67 bits per heavy atom. The summed E-state index contributed by atoms with van der Waals surface area (Å²) in [5.41, 5.74) is 1.23. The summed E-state index contributed by atoms with van der Waals surface area (Å²) in [5.74, 6) is 0. The summed E-state index contributed by atoms with van der Waals surface area (Å²) in [6.45, 7) is 5.77. The molecule has 0 bridgehead atoms. The van der Waals surface area contributed by atoms with Gasteiger partial charge in [0.2, 0.25) is 0 Å². The first-order valence-corrected chi connectivity index (χ1v) is 4.07. The highest BCUT2D eigenvalue weighted by Crippen LogP contribution is 2.16. The van der Waals surface area contributed by atoms with Gasteiger partial charge in [0.15, 0.2) is 0 Å². The number of alkyl halides is 2. The minimum Gasteiger partial charge on any atom is -0.0983 e. The Bertz CT molecular complexity index is 56.6. The number of rotatable bonds is 1. The van der Waals surface area contributed by atoms with E-state index in [2.05, 4.69) is 51.8 Å². The van der Waals surface area contributed by atoms with E-state index in [0.717, 1.165) is 0 Å². The van der Waals surface area contributed by atoms with E-state index in [4.69, 9.17) is 0 Å². The van der Waals surface area contributed by atoms with Crippen molar-refractivity contribution in [2.24, 2.45) is 0 Å². The van der Waals surface area contributed by atoms with E-state index >= 15 is 0 Å². The molecule has 0 saturated carbocycles. The van der Waals surface area contributed by atoms with Crippen LogP contribution in [0, 0.1) is 0 Å². The summed E-state index contributed by atoms with van der Waals surface area (Å²) in [6, 6.07) is 0. The van der Waals surface area contributed by atoms with E-state index in [-0.39, 0.29) is 0 Å². The summed E-state index contributed by atoms with van der Waals surface area (Å²) in [4.78, 5) is 0. The average molecular weight is 308 g/mol. The molecule has 0 aliphatic carbocycles. The fraction of sp³-hybridized carbons (Fsp3) is 0.500. The Morgan fingerprint density at radius 3 is 1.83 bits per heavy atom. The largest absolute Gasteiger partial charge is 0.0983 e. The molecule has 0 aliphatic rings. The molecule has 0 rings (SSSR count). The zero-order valence-electron chi connectivity index (χ0n) is 3.54. The van der Waals surface area contributed by atoms with Gasteiger partial charge in [0.1, 0.15) is 0 Å². The van der Waals surface area contributed by atoms with Gasteiger partial charge in [0.25, 0.3) is 0 Å². The van der Waals surface area contributed by atoms with Crippen LogP contribution < -0.4 is 0 Å². The first-order chi connectivity index (χ1) is 2.64. The predicted molar refractivity (Wildman–Crippen MR) is 46.6 cm³/mol. The topological polar surface area (TPSA) is 0 Å². The standard InChI is InChI=1S/C4H6I2/c1-3(2)4(5)6/h4H,1H2,2H3. The summed E-state index contributed by atoms with van der Waals surface area (Å²) in [6.07, 6.45) is 0. The van der Waals surface area contributed by atoms with Crippen LogP contribution in [0.5, 0.6) is 0 Å². The van der Waals surface area contributed by atoms with Gasteiger partial charge in [-0.3, -0.25) is 0 Å². The quantitative estimate of drug-likeness (QED) is 0.397. The highest BCUT2D eigenvalue weighted by Gasteiger charge is 1.92. The minimum atomic E-state index is 0.597. The third-order valence-corrected chi connectivity index (χ3v) is 2.50. The van der Waals surface area contributed by atoms with E-state index in [0.29, 0.717) is 1.93 Å². The maximum Gasteiger partial charge on any atom is 0.0829 e. The summed E-state index contributed by atoms with van der Waals surface area (Å²) >= 11 is 4.64. The third kappa shape index (κ3) is 3.39. The lowest BCUT2D eigenvalue weighted by atomic mass is 10.4. The maximum absolute atomic E-state index is 3.74. The molecule has 0 unspecified atom stereocenters. The van der Waals surface area contributed by atoms with E-state index in [1.807, 2.05) is 6.92 Å². The van der Waals surface area contributed by atoms with Crippen molar-refractivity contribution in [3.05, 3.63) is 12.2 Å². The van der Waals surface area contributed by atoms with Crippen LogP contribution in [0.1, 0.15) is 6.92 Å². The second kappa shape index (κ2) is 3.23. The molecule has 0 saturated heterocycles. The van der Waals surface area contributed by atoms with Gasteiger partial charge in [0, 0.05) is 0 Å². The van der Waals surface area contributed by atoms with Crippen molar-refractivity contribution < 1.29 is 0 Å². The minimum absolute atomic E-state index is 0.597. The highest BCUT2D eigenvalue weighted by molar-refractivity contribution is 14.2. The molecular weight excluding hydrogens is 302 g/mol. The molecule has 0 amide bonds. The molecular formula is C4H6I2. The SMILES string of the molecule is C=C(C)C(I)I. The van der Waals surface area contributed by atoms with Crippen LogP contribution in [-0.2, 0) is 0 Å². The zero-order chi connectivity index (χ0) is 5.15. The Morgan fingerprint density at radius 2 is 1.83 bits per heavy atom. The normalized spacial score (nSPS) is 9.33. The lowest BCUT2D eigenvalue weighted by molar-refractivity contribution is 1.44. The number of hydrogen-bond acceptors (Lipinski definition) is 0.